The molecule has 0 bridgehead atoms. The Hall–Kier alpha value is -2.63. The number of benzene rings is 1. The van der Waals surface area contributed by atoms with E-state index in [9.17, 15) is 4.79 Å². The summed E-state index contributed by atoms with van der Waals surface area (Å²) >= 11 is 2.72. The van der Waals surface area contributed by atoms with Gasteiger partial charge in [-0.05, 0) is 48.6 Å². The van der Waals surface area contributed by atoms with Crippen molar-refractivity contribution < 1.29 is 9.21 Å². The van der Waals surface area contributed by atoms with Crippen LogP contribution in [0.4, 0.5) is 5.69 Å². The fourth-order valence-electron chi connectivity index (χ4n) is 2.64. The summed E-state index contributed by atoms with van der Waals surface area (Å²) in [6.07, 6.45) is 0.270. The monoisotopic (exact) mass is 398 g/mol. The quantitative estimate of drug-likeness (QED) is 0.547. The van der Waals surface area contributed by atoms with E-state index in [2.05, 4.69) is 22.3 Å². The largest absolute Gasteiger partial charge is 0.410 e. The number of nitriles is 1. The van der Waals surface area contributed by atoms with Crippen molar-refractivity contribution in [2.45, 2.75) is 25.5 Å². The molecule has 0 N–H and O–H groups in total. The van der Waals surface area contributed by atoms with Crippen LogP contribution in [-0.2, 0) is 4.79 Å². The Morgan fingerprint density at radius 2 is 2.07 bits per heavy atom. The molecule has 0 aliphatic rings. The van der Waals surface area contributed by atoms with E-state index in [1.54, 1.807) is 4.90 Å². The number of thioether (sulfide) groups is 1. The molecule has 2 aromatic heterocycles. The molecule has 8 heteroatoms. The van der Waals surface area contributed by atoms with Gasteiger partial charge in [0.15, 0.2) is 0 Å². The molecule has 6 nitrogen and oxygen atoms in total. The molecule has 1 aromatic carbocycles. The third kappa shape index (κ3) is 4.96. The maximum atomic E-state index is 12.8. The number of aromatic nitrogens is 2. The topological polar surface area (TPSA) is 83.0 Å². The Bertz CT molecular complexity index is 940. The number of carbonyl (C=O) groups excluding carboxylic acids is 1. The predicted octanol–water partition coefficient (Wildman–Crippen LogP) is 4.45. The zero-order chi connectivity index (χ0) is 19.2. The predicted molar refractivity (Wildman–Crippen MR) is 107 cm³/mol. The summed E-state index contributed by atoms with van der Waals surface area (Å²) in [5, 5.41) is 19.2. The number of hydrogen-bond donors (Lipinski definition) is 0. The molecule has 138 valence electrons. The van der Waals surface area contributed by atoms with Gasteiger partial charge in [0.25, 0.3) is 11.1 Å². The lowest BCUT2D eigenvalue weighted by Gasteiger charge is -2.22. The van der Waals surface area contributed by atoms with Gasteiger partial charge in [0.05, 0.1) is 23.1 Å². The molecule has 0 unspecified atom stereocenters. The highest BCUT2D eigenvalue weighted by Gasteiger charge is 2.18. The third-order valence-electron chi connectivity index (χ3n) is 3.72. The van der Waals surface area contributed by atoms with E-state index < -0.39 is 0 Å². The molecule has 3 rings (SSSR count). The van der Waals surface area contributed by atoms with E-state index in [1.165, 1.54) is 23.1 Å². The summed E-state index contributed by atoms with van der Waals surface area (Å²) in [6, 6.07) is 11.9. The summed E-state index contributed by atoms with van der Waals surface area (Å²) in [5.74, 6) is 0.511. The molecule has 0 spiro atoms. The van der Waals surface area contributed by atoms with Gasteiger partial charge in [-0.15, -0.1) is 21.5 Å². The average molecular weight is 399 g/mol. The first-order chi connectivity index (χ1) is 13.1. The lowest BCUT2D eigenvalue weighted by molar-refractivity contribution is -0.116. The molecule has 0 radical (unpaired) electrons. The maximum Gasteiger partial charge on any atom is 0.277 e. The summed E-state index contributed by atoms with van der Waals surface area (Å²) in [7, 11) is 0. The average Bonchev–Trinajstić information content (AvgIpc) is 3.31. The van der Waals surface area contributed by atoms with Gasteiger partial charge in [-0.2, -0.15) is 5.26 Å². The van der Waals surface area contributed by atoms with E-state index >= 15 is 0 Å². The Labute approximate surface area is 165 Å². The minimum Gasteiger partial charge on any atom is -0.410 e. The van der Waals surface area contributed by atoms with Crippen molar-refractivity contribution in [3.8, 4) is 16.8 Å². The molecular weight excluding hydrogens is 380 g/mol. The molecular formula is C19H18N4O2S2. The lowest BCUT2D eigenvalue weighted by atomic mass is 10.1. The van der Waals surface area contributed by atoms with Crippen LogP contribution in [-0.4, -0.2) is 28.4 Å². The number of nitrogens with zero attached hydrogens (tertiary/aromatic N) is 4. The standard InChI is InChI=1S/C19H18N4O2S2/c1-13-9-14(2)11-15(10-13)23(7-4-6-20)17(24)12-27-19-22-21-18(25-19)16-5-3-8-26-16/h3,5,8-11H,4,7,12H2,1-2H3. The second-order valence-corrected chi connectivity index (χ2v) is 7.81. The molecule has 0 aliphatic carbocycles. The fourth-order valence-corrected chi connectivity index (χ4v) is 3.92. The van der Waals surface area contributed by atoms with Gasteiger partial charge in [-0.1, -0.05) is 23.9 Å². The smallest absolute Gasteiger partial charge is 0.277 e. The van der Waals surface area contributed by atoms with Crippen LogP contribution < -0.4 is 4.90 Å². The number of thiophene rings is 1. The van der Waals surface area contributed by atoms with Crippen molar-refractivity contribution in [2.75, 3.05) is 17.2 Å². The highest BCUT2D eigenvalue weighted by molar-refractivity contribution is 7.99. The van der Waals surface area contributed by atoms with Gasteiger partial charge >= 0.3 is 0 Å². The van der Waals surface area contributed by atoms with Crippen LogP contribution in [0.3, 0.4) is 0 Å². The first-order valence-corrected chi connectivity index (χ1v) is 10.2. The van der Waals surface area contributed by atoms with Gasteiger partial charge in [-0.3, -0.25) is 4.79 Å². The second-order valence-electron chi connectivity index (χ2n) is 5.94. The number of amides is 1. The van der Waals surface area contributed by atoms with Crippen molar-refractivity contribution in [2.24, 2.45) is 0 Å². The van der Waals surface area contributed by atoms with Gasteiger partial charge in [0.2, 0.25) is 5.91 Å². The van der Waals surface area contributed by atoms with Crippen molar-refractivity contribution in [1.29, 1.82) is 5.26 Å². The fraction of sp³-hybridized carbons (Fsp3) is 0.263. The SMILES string of the molecule is Cc1cc(C)cc(N(CCC#N)C(=O)CSc2nnc(-c3cccs3)o2)c1. The van der Waals surface area contributed by atoms with Crippen LogP contribution in [0.5, 0.6) is 0 Å². The lowest BCUT2D eigenvalue weighted by Crippen LogP contribution is -2.33. The Morgan fingerprint density at radius 3 is 2.74 bits per heavy atom. The molecule has 1 amide bonds. The Kier molecular flexibility index (Phi) is 6.27. The van der Waals surface area contributed by atoms with Crippen molar-refractivity contribution in [1.82, 2.24) is 10.2 Å². The molecule has 0 saturated carbocycles. The van der Waals surface area contributed by atoms with Crippen LogP contribution in [0.2, 0.25) is 0 Å². The maximum absolute atomic E-state index is 12.8. The van der Waals surface area contributed by atoms with Gasteiger partial charge in [0.1, 0.15) is 0 Å². The molecule has 27 heavy (non-hydrogen) atoms. The van der Waals surface area contributed by atoms with Gasteiger partial charge in [-0.25, -0.2) is 0 Å². The zero-order valence-electron chi connectivity index (χ0n) is 15.0. The molecule has 3 aromatic rings. The minimum absolute atomic E-state index is 0.101. The van der Waals surface area contributed by atoms with Gasteiger partial charge < -0.3 is 9.32 Å². The zero-order valence-corrected chi connectivity index (χ0v) is 16.6. The molecule has 0 aliphatic heterocycles. The number of hydrogen-bond acceptors (Lipinski definition) is 7. The second kappa shape index (κ2) is 8.84. The van der Waals surface area contributed by atoms with Crippen LogP contribution in [0.1, 0.15) is 17.5 Å². The number of rotatable bonds is 7. The highest BCUT2D eigenvalue weighted by Crippen LogP contribution is 2.27. The number of anilines is 1. The Morgan fingerprint density at radius 1 is 1.30 bits per heavy atom. The van der Waals surface area contributed by atoms with Crippen LogP contribution >= 0.6 is 23.1 Å². The van der Waals surface area contributed by atoms with Gasteiger partial charge in [0, 0.05) is 12.2 Å². The summed E-state index contributed by atoms with van der Waals surface area (Å²) in [5.41, 5.74) is 2.95. The van der Waals surface area contributed by atoms with Crippen LogP contribution in [0, 0.1) is 25.2 Å². The van der Waals surface area contributed by atoms with E-state index in [1.807, 2.05) is 43.5 Å². The van der Waals surface area contributed by atoms with Crippen LogP contribution in [0.15, 0.2) is 45.4 Å². The Balaban J connectivity index is 1.70. The third-order valence-corrected chi connectivity index (χ3v) is 5.39. The van der Waals surface area contributed by atoms with E-state index in [4.69, 9.17) is 9.68 Å². The number of carbonyl (C=O) groups is 1. The first kappa shape index (κ1) is 19.1. The van der Waals surface area contributed by atoms with Crippen LogP contribution in [0.25, 0.3) is 10.8 Å². The molecule has 0 fully saturated rings. The first-order valence-electron chi connectivity index (χ1n) is 8.32. The summed E-state index contributed by atoms with van der Waals surface area (Å²) in [4.78, 5) is 15.3. The summed E-state index contributed by atoms with van der Waals surface area (Å²) < 4.78 is 5.61. The van der Waals surface area contributed by atoms with E-state index in [0.29, 0.717) is 17.7 Å². The molecule has 0 atom stereocenters. The molecule has 2 heterocycles. The normalized spacial score (nSPS) is 10.6. The molecule has 0 saturated heterocycles. The highest BCUT2D eigenvalue weighted by atomic mass is 32.2. The van der Waals surface area contributed by atoms with Crippen molar-refractivity contribution >= 4 is 34.7 Å². The van der Waals surface area contributed by atoms with E-state index in [0.717, 1.165) is 21.7 Å². The summed E-state index contributed by atoms with van der Waals surface area (Å²) in [6.45, 7) is 4.33. The van der Waals surface area contributed by atoms with Crippen molar-refractivity contribution in [3.63, 3.8) is 0 Å². The van der Waals surface area contributed by atoms with E-state index in [-0.39, 0.29) is 18.1 Å². The number of aryl methyl sites for hydroxylation is 2. The minimum atomic E-state index is -0.101. The van der Waals surface area contributed by atoms with Crippen molar-refractivity contribution in [3.05, 3.63) is 46.8 Å².